The Bertz CT molecular complexity index is 854. The number of amides is 2. The van der Waals surface area contributed by atoms with Gasteiger partial charge >= 0.3 is 0 Å². The van der Waals surface area contributed by atoms with Crippen molar-refractivity contribution >= 4 is 23.2 Å². The van der Waals surface area contributed by atoms with Gasteiger partial charge in [-0.3, -0.25) is 14.5 Å². The van der Waals surface area contributed by atoms with Gasteiger partial charge in [-0.25, -0.2) is 0 Å². The molecule has 4 heterocycles. The van der Waals surface area contributed by atoms with Gasteiger partial charge in [-0.15, -0.1) is 11.3 Å². The van der Waals surface area contributed by atoms with Crippen LogP contribution in [0.15, 0.2) is 22.0 Å². The van der Waals surface area contributed by atoms with Crippen molar-refractivity contribution < 1.29 is 14.1 Å². The summed E-state index contributed by atoms with van der Waals surface area (Å²) in [5, 5.41) is 6.07. The lowest BCUT2D eigenvalue weighted by molar-refractivity contribution is -0.139. The fourth-order valence-corrected chi connectivity index (χ4v) is 4.70. The molecule has 2 aliphatic rings. The maximum Gasteiger partial charge on any atom is 0.236 e. The number of carbonyl (C=O) groups excluding carboxylic acids is 2. The topological polar surface area (TPSA) is 86.0 Å². The average molecular weight is 447 g/mol. The zero-order chi connectivity index (χ0) is 21.6. The van der Waals surface area contributed by atoms with Crippen LogP contribution in [0, 0.1) is 0 Å². The standard InChI is InChI=1S/C21H30N6O3S/c1-17(28)26-11-13-27(14-12-26)20(29)16-25-9-7-24(8-10-25)6-2-5-19-22-21(23-30-19)18-4-3-15-31-18/h3-4,15H,2,5-14,16H2,1H3. The van der Waals surface area contributed by atoms with Crippen molar-refractivity contribution in [3.05, 3.63) is 23.4 Å². The molecule has 0 N–H and O–H groups in total. The average Bonchev–Trinajstić information content (AvgIpc) is 3.47. The van der Waals surface area contributed by atoms with Gasteiger partial charge in [0.05, 0.1) is 11.4 Å². The molecule has 2 aromatic rings. The van der Waals surface area contributed by atoms with E-state index >= 15 is 0 Å². The van der Waals surface area contributed by atoms with Gasteiger partial charge in [-0.05, 0) is 24.4 Å². The highest BCUT2D eigenvalue weighted by Crippen LogP contribution is 2.21. The second kappa shape index (κ2) is 10.3. The first-order chi connectivity index (χ1) is 15.1. The third-order valence-electron chi connectivity index (χ3n) is 5.98. The maximum absolute atomic E-state index is 12.6. The van der Waals surface area contributed by atoms with Crippen LogP contribution in [0.4, 0.5) is 0 Å². The summed E-state index contributed by atoms with van der Waals surface area (Å²) in [6.07, 6.45) is 1.76. The molecule has 31 heavy (non-hydrogen) atoms. The van der Waals surface area contributed by atoms with Crippen LogP contribution < -0.4 is 0 Å². The molecule has 9 nitrogen and oxygen atoms in total. The SMILES string of the molecule is CC(=O)N1CCN(C(=O)CN2CCN(CCCc3nc(-c4cccs4)no3)CC2)CC1. The minimum absolute atomic E-state index is 0.0882. The molecule has 0 bridgehead atoms. The molecule has 2 aliphatic heterocycles. The highest BCUT2D eigenvalue weighted by Gasteiger charge is 2.25. The van der Waals surface area contributed by atoms with Crippen LogP contribution in [0.25, 0.3) is 10.7 Å². The normalized spacial score (nSPS) is 18.5. The van der Waals surface area contributed by atoms with Crippen LogP contribution in [0.1, 0.15) is 19.2 Å². The number of piperazine rings is 2. The van der Waals surface area contributed by atoms with Crippen molar-refractivity contribution in [3.8, 4) is 10.7 Å². The van der Waals surface area contributed by atoms with Crippen LogP contribution in [0.2, 0.25) is 0 Å². The Morgan fingerprint density at radius 2 is 1.74 bits per heavy atom. The fraction of sp³-hybridized carbons (Fsp3) is 0.619. The Labute approximate surface area is 186 Å². The lowest BCUT2D eigenvalue weighted by Gasteiger charge is -2.37. The highest BCUT2D eigenvalue weighted by atomic mass is 32.1. The first kappa shape index (κ1) is 21.9. The van der Waals surface area contributed by atoms with Crippen molar-refractivity contribution in [1.82, 2.24) is 29.7 Å². The van der Waals surface area contributed by atoms with Crippen molar-refractivity contribution in [2.24, 2.45) is 0 Å². The van der Waals surface area contributed by atoms with Gasteiger partial charge in [0.25, 0.3) is 0 Å². The van der Waals surface area contributed by atoms with Crippen LogP contribution in [-0.4, -0.2) is 107 Å². The van der Waals surface area contributed by atoms with E-state index in [0.717, 1.165) is 50.4 Å². The van der Waals surface area contributed by atoms with Crippen LogP contribution in [0.5, 0.6) is 0 Å². The molecule has 0 atom stereocenters. The first-order valence-corrected chi connectivity index (χ1v) is 11.8. The van der Waals surface area contributed by atoms with Gasteiger partial charge in [-0.2, -0.15) is 4.98 Å². The minimum Gasteiger partial charge on any atom is -0.339 e. The summed E-state index contributed by atoms with van der Waals surface area (Å²) < 4.78 is 5.37. The largest absolute Gasteiger partial charge is 0.339 e. The molecular weight excluding hydrogens is 416 g/mol. The zero-order valence-corrected chi connectivity index (χ0v) is 18.9. The van der Waals surface area contributed by atoms with Crippen molar-refractivity contribution in [1.29, 1.82) is 0 Å². The summed E-state index contributed by atoms with van der Waals surface area (Å²) in [6, 6.07) is 3.98. The van der Waals surface area contributed by atoms with Gasteiger partial charge < -0.3 is 19.2 Å². The Hall–Kier alpha value is -2.30. The zero-order valence-electron chi connectivity index (χ0n) is 18.0. The lowest BCUT2D eigenvalue weighted by atomic mass is 10.2. The van der Waals surface area contributed by atoms with E-state index in [1.807, 2.05) is 22.4 Å². The molecule has 4 rings (SSSR count). The molecule has 0 unspecified atom stereocenters. The molecular formula is C21H30N6O3S. The predicted molar refractivity (Wildman–Crippen MR) is 118 cm³/mol. The summed E-state index contributed by atoms with van der Waals surface area (Å²) in [7, 11) is 0. The number of hydrogen-bond donors (Lipinski definition) is 0. The number of carbonyl (C=O) groups is 2. The van der Waals surface area contributed by atoms with Crippen molar-refractivity contribution in [2.45, 2.75) is 19.8 Å². The van der Waals surface area contributed by atoms with Gasteiger partial charge in [0.1, 0.15) is 0 Å². The van der Waals surface area contributed by atoms with Crippen molar-refractivity contribution in [3.63, 3.8) is 0 Å². The summed E-state index contributed by atoms with van der Waals surface area (Å²) in [5.74, 6) is 1.63. The predicted octanol–water partition coefficient (Wildman–Crippen LogP) is 1.04. The van der Waals surface area contributed by atoms with E-state index in [9.17, 15) is 9.59 Å². The van der Waals surface area contributed by atoms with E-state index in [4.69, 9.17) is 4.52 Å². The summed E-state index contributed by atoms with van der Waals surface area (Å²) >= 11 is 1.61. The van der Waals surface area contributed by atoms with Gasteiger partial charge in [0.15, 0.2) is 0 Å². The Morgan fingerprint density at radius 3 is 2.42 bits per heavy atom. The molecule has 168 valence electrons. The highest BCUT2D eigenvalue weighted by molar-refractivity contribution is 7.13. The van der Waals surface area contributed by atoms with E-state index in [2.05, 4.69) is 19.9 Å². The summed E-state index contributed by atoms with van der Waals surface area (Å²) in [4.78, 5) is 37.9. The molecule has 0 aliphatic carbocycles. The molecule has 0 spiro atoms. The van der Waals surface area contributed by atoms with Crippen molar-refractivity contribution in [2.75, 3.05) is 65.4 Å². The number of thiophene rings is 1. The molecule has 2 amide bonds. The van der Waals surface area contributed by atoms with E-state index < -0.39 is 0 Å². The smallest absolute Gasteiger partial charge is 0.236 e. The second-order valence-electron chi connectivity index (χ2n) is 8.10. The van der Waals surface area contributed by atoms with E-state index in [1.54, 1.807) is 23.2 Å². The Kier molecular flexibility index (Phi) is 7.31. The van der Waals surface area contributed by atoms with E-state index in [-0.39, 0.29) is 11.8 Å². The lowest BCUT2D eigenvalue weighted by Crippen LogP contribution is -2.54. The molecule has 0 aromatic carbocycles. The van der Waals surface area contributed by atoms with Crippen LogP contribution >= 0.6 is 11.3 Å². The molecule has 2 fully saturated rings. The number of aryl methyl sites for hydroxylation is 1. The summed E-state index contributed by atoms with van der Waals surface area (Å²) in [6.45, 7) is 9.36. The Morgan fingerprint density at radius 1 is 1.03 bits per heavy atom. The molecule has 0 radical (unpaired) electrons. The molecule has 10 heteroatoms. The van der Waals surface area contributed by atoms with Crippen LogP contribution in [-0.2, 0) is 16.0 Å². The quantitative estimate of drug-likeness (QED) is 0.628. The summed E-state index contributed by atoms with van der Waals surface area (Å²) in [5.41, 5.74) is 0. The molecule has 0 saturated carbocycles. The third kappa shape index (κ3) is 5.90. The fourth-order valence-electron chi connectivity index (χ4n) is 4.05. The number of rotatable bonds is 7. The van der Waals surface area contributed by atoms with Crippen LogP contribution in [0.3, 0.4) is 0 Å². The molecule has 2 aromatic heterocycles. The Balaban J connectivity index is 1.12. The molecule has 2 saturated heterocycles. The minimum atomic E-state index is 0.0882. The van der Waals surface area contributed by atoms with E-state index in [0.29, 0.717) is 44.4 Å². The number of nitrogens with zero attached hydrogens (tertiary/aromatic N) is 6. The van der Waals surface area contributed by atoms with Gasteiger partial charge in [0.2, 0.25) is 23.5 Å². The van der Waals surface area contributed by atoms with Gasteiger partial charge in [-0.1, -0.05) is 11.2 Å². The third-order valence-corrected chi connectivity index (χ3v) is 6.84. The monoisotopic (exact) mass is 446 g/mol. The first-order valence-electron chi connectivity index (χ1n) is 10.9. The maximum atomic E-state index is 12.6. The van der Waals surface area contributed by atoms with E-state index in [1.165, 1.54) is 0 Å². The number of hydrogen-bond acceptors (Lipinski definition) is 8. The second-order valence-corrected chi connectivity index (χ2v) is 9.04. The van der Waals surface area contributed by atoms with Gasteiger partial charge in [0, 0.05) is 65.7 Å². The number of aromatic nitrogens is 2.